The van der Waals surface area contributed by atoms with Crippen molar-refractivity contribution in [3.05, 3.63) is 53.6 Å². The Hall–Kier alpha value is -1.94. The zero-order valence-corrected chi connectivity index (χ0v) is 10.8. The monoisotopic (exact) mass is 242 g/mol. The molecule has 2 N–H and O–H groups in total. The Labute approximate surface area is 107 Å². The Morgan fingerprint density at radius 3 is 2.83 bits per heavy atom. The van der Waals surface area contributed by atoms with Gasteiger partial charge in [-0.25, -0.2) is 0 Å². The summed E-state index contributed by atoms with van der Waals surface area (Å²) in [5.41, 5.74) is 10.1. The summed E-state index contributed by atoms with van der Waals surface area (Å²) in [5.74, 6) is 0. The number of rotatable bonds is 4. The van der Waals surface area contributed by atoms with E-state index in [2.05, 4.69) is 34.0 Å². The van der Waals surface area contributed by atoms with E-state index < -0.39 is 0 Å². The fourth-order valence-corrected chi connectivity index (χ4v) is 1.94. The molecule has 0 saturated heterocycles. The largest absolute Gasteiger partial charge is 0.370 e. The third kappa shape index (κ3) is 2.84. The molecule has 18 heavy (non-hydrogen) atoms. The van der Waals surface area contributed by atoms with Gasteiger partial charge in [-0.2, -0.15) is 0 Å². The van der Waals surface area contributed by atoms with Crippen molar-refractivity contribution in [2.45, 2.75) is 20.0 Å². The van der Waals surface area contributed by atoms with Crippen LogP contribution in [0, 0.1) is 6.92 Å². The molecule has 0 fully saturated rings. The van der Waals surface area contributed by atoms with Crippen LogP contribution in [0.3, 0.4) is 0 Å². The van der Waals surface area contributed by atoms with Crippen molar-refractivity contribution in [1.29, 1.82) is 0 Å². The van der Waals surface area contributed by atoms with Gasteiger partial charge in [-0.3, -0.25) is 9.97 Å². The molecule has 0 aliphatic rings. The average molecular weight is 242 g/mol. The third-order valence-electron chi connectivity index (χ3n) is 2.87. The molecule has 94 valence electrons. The van der Waals surface area contributed by atoms with Gasteiger partial charge in [-0.15, -0.1) is 0 Å². The normalized spacial score (nSPS) is 10.4. The highest BCUT2D eigenvalue weighted by Gasteiger charge is 2.08. The van der Waals surface area contributed by atoms with E-state index in [-0.39, 0.29) is 0 Å². The first kappa shape index (κ1) is 12.5. The smallest absolute Gasteiger partial charge is 0.0445 e. The molecule has 2 heterocycles. The Morgan fingerprint density at radius 2 is 2.17 bits per heavy atom. The van der Waals surface area contributed by atoms with Gasteiger partial charge in [0, 0.05) is 55.7 Å². The van der Waals surface area contributed by atoms with E-state index in [0.717, 1.165) is 23.5 Å². The van der Waals surface area contributed by atoms with Gasteiger partial charge in [-0.05, 0) is 24.6 Å². The maximum Gasteiger partial charge on any atom is 0.0445 e. The summed E-state index contributed by atoms with van der Waals surface area (Å²) in [6.45, 7) is 3.30. The van der Waals surface area contributed by atoms with Crippen LogP contribution >= 0.6 is 0 Å². The van der Waals surface area contributed by atoms with E-state index >= 15 is 0 Å². The topological polar surface area (TPSA) is 55.0 Å². The molecule has 0 spiro atoms. The van der Waals surface area contributed by atoms with Gasteiger partial charge in [0.2, 0.25) is 0 Å². The number of nitrogens with zero attached hydrogens (tertiary/aromatic N) is 3. The molecular weight excluding hydrogens is 224 g/mol. The predicted octanol–water partition coefficient (Wildman–Crippen LogP) is 1.88. The lowest BCUT2D eigenvalue weighted by atomic mass is 10.1. The van der Waals surface area contributed by atoms with Gasteiger partial charge in [0.25, 0.3) is 0 Å². The molecule has 2 aromatic heterocycles. The molecule has 0 aliphatic carbocycles. The SMILES string of the molecule is Cc1cc(N(C)Cc2cccnc2)c(CN)cn1. The maximum atomic E-state index is 5.75. The van der Waals surface area contributed by atoms with Gasteiger partial charge < -0.3 is 10.6 Å². The van der Waals surface area contributed by atoms with Crippen LogP contribution in [0.4, 0.5) is 5.69 Å². The number of pyridine rings is 2. The van der Waals surface area contributed by atoms with Gasteiger partial charge in [0.1, 0.15) is 0 Å². The molecule has 0 radical (unpaired) electrons. The molecule has 0 amide bonds. The Morgan fingerprint density at radius 1 is 1.33 bits per heavy atom. The molecule has 0 atom stereocenters. The minimum Gasteiger partial charge on any atom is -0.370 e. The molecule has 4 heteroatoms. The molecule has 0 saturated carbocycles. The Balaban J connectivity index is 2.23. The van der Waals surface area contributed by atoms with Crippen molar-refractivity contribution in [3.8, 4) is 0 Å². The van der Waals surface area contributed by atoms with Crippen molar-refractivity contribution in [1.82, 2.24) is 9.97 Å². The second-order valence-electron chi connectivity index (χ2n) is 4.38. The number of aromatic nitrogens is 2. The molecule has 0 unspecified atom stereocenters. The molecular formula is C14H18N4. The highest BCUT2D eigenvalue weighted by Crippen LogP contribution is 2.20. The molecule has 0 aromatic carbocycles. The second-order valence-corrected chi connectivity index (χ2v) is 4.38. The minimum absolute atomic E-state index is 0.500. The fraction of sp³-hybridized carbons (Fsp3) is 0.286. The van der Waals surface area contributed by atoms with Gasteiger partial charge in [-0.1, -0.05) is 6.07 Å². The predicted molar refractivity (Wildman–Crippen MR) is 73.2 cm³/mol. The van der Waals surface area contributed by atoms with Crippen molar-refractivity contribution in [2.75, 3.05) is 11.9 Å². The van der Waals surface area contributed by atoms with E-state index in [1.54, 1.807) is 6.20 Å². The van der Waals surface area contributed by atoms with Crippen molar-refractivity contribution in [2.24, 2.45) is 5.73 Å². The summed E-state index contributed by atoms with van der Waals surface area (Å²) >= 11 is 0. The number of aryl methyl sites for hydroxylation is 1. The zero-order valence-electron chi connectivity index (χ0n) is 10.8. The molecule has 0 aliphatic heterocycles. The summed E-state index contributed by atoms with van der Waals surface area (Å²) in [6.07, 6.45) is 5.52. The summed E-state index contributed by atoms with van der Waals surface area (Å²) in [5, 5.41) is 0. The van der Waals surface area contributed by atoms with E-state index in [0.29, 0.717) is 6.54 Å². The highest BCUT2D eigenvalue weighted by atomic mass is 15.1. The third-order valence-corrected chi connectivity index (χ3v) is 2.87. The molecule has 2 aromatic rings. The first-order valence-corrected chi connectivity index (χ1v) is 5.96. The van der Waals surface area contributed by atoms with E-state index in [1.807, 2.05) is 25.4 Å². The van der Waals surface area contributed by atoms with Crippen LogP contribution in [-0.4, -0.2) is 17.0 Å². The Bertz CT molecular complexity index is 510. The van der Waals surface area contributed by atoms with Crippen LogP contribution in [0.25, 0.3) is 0 Å². The van der Waals surface area contributed by atoms with Crippen LogP contribution < -0.4 is 10.6 Å². The van der Waals surface area contributed by atoms with Crippen molar-refractivity contribution < 1.29 is 0 Å². The average Bonchev–Trinajstić information content (AvgIpc) is 2.40. The van der Waals surface area contributed by atoms with Crippen LogP contribution in [0.2, 0.25) is 0 Å². The first-order valence-electron chi connectivity index (χ1n) is 5.96. The summed E-state index contributed by atoms with van der Waals surface area (Å²) < 4.78 is 0. The number of hydrogen-bond acceptors (Lipinski definition) is 4. The summed E-state index contributed by atoms with van der Waals surface area (Å²) in [6, 6.07) is 6.09. The van der Waals surface area contributed by atoms with E-state index in [9.17, 15) is 0 Å². The standard InChI is InChI=1S/C14H18N4/c1-11-6-14(13(7-15)9-17-11)18(2)10-12-4-3-5-16-8-12/h3-6,8-9H,7,10,15H2,1-2H3. The summed E-state index contributed by atoms with van der Waals surface area (Å²) in [4.78, 5) is 10.6. The lowest BCUT2D eigenvalue weighted by Gasteiger charge is -2.22. The van der Waals surface area contributed by atoms with E-state index in [4.69, 9.17) is 5.73 Å². The number of nitrogens with two attached hydrogens (primary N) is 1. The van der Waals surface area contributed by atoms with Crippen LogP contribution in [-0.2, 0) is 13.1 Å². The lowest BCUT2D eigenvalue weighted by molar-refractivity contribution is 0.889. The maximum absolute atomic E-state index is 5.75. The van der Waals surface area contributed by atoms with Crippen LogP contribution in [0.15, 0.2) is 36.8 Å². The quantitative estimate of drug-likeness (QED) is 0.889. The number of hydrogen-bond donors (Lipinski definition) is 1. The second kappa shape index (κ2) is 5.60. The van der Waals surface area contributed by atoms with Crippen LogP contribution in [0.5, 0.6) is 0 Å². The highest BCUT2D eigenvalue weighted by molar-refractivity contribution is 5.53. The van der Waals surface area contributed by atoms with Gasteiger partial charge in [0.05, 0.1) is 0 Å². The molecule has 0 bridgehead atoms. The Kier molecular flexibility index (Phi) is 3.89. The van der Waals surface area contributed by atoms with Gasteiger partial charge >= 0.3 is 0 Å². The molecule has 4 nitrogen and oxygen atoms in total. The zero-order chi connectivity index (χ0) is 13.0. The van der Waals surface area contributed by atoms with Crippen molar-refractivity contribution >= 4 is 5.69 Å². The van der Waals surface area contributed by atoms with Crippen molar-refractivity contribution in [3.63, 3.8) is 0 Å². The van der Waals surface area contributed by atoms with Crippen LogP contribution in [0.1, 0.15) is 16.8 Å². The fourth-order valence-electron chi connectivity index (χ4n) is 1.94. The summed E-state index contributed by atoms with van der Waals surface area (Å²) in [7, 11) is 2.06. The minimum atomic E-state index is 0.500. The first-order chi connectivity index (χ1) is 8.70. The van der Waals surface area contributed by atoms with E-state index in [1.165, 1.54) is 5.56 Å². The van der Waals surface area contributed by atoms with Gasteiger partial charge in [0.15, 0.2) is 0 Å². The molecule has 2 rings (SSSR count). The number of anilines is 1. The lowest BCUT2D eigenvalue weighted by Crippen LogP contribution is -2.19.